The number of fused-ring (bicyclic) bond motifs is 1. The van der Waals surface area contributed by atoms with Gasteiger partial charge in [-0.15, -0.1) is 11.3 Å². The molecular weight excluding hydrogens is 310 g/mol. The minimum Gasteiger partial charge on any atom is -0.480 e. The van der Waals surface area contributed by atoms with Crippen molar-refractivity contribution in [2.45, 2.75) is 19.4 Å². The molecule has 0 aliphatic carbocycles. The number of nitrogens with zero attached hydrogens (tertiary/aromatic N) is 2. The predicted molar refractivity (Wildman–Crippen MR) is 85.2 cm³/mol. The van der Waals surface area contributed by atoms with E-state index in [1.165, 1.54) is 11.3 Å². The Hall–Kier alpha value is -1.54. The summed E-state index contributed by atoms with van der Waals surface area (Å²) in [6.07, 6.45) is 2.32. The number of nitrogens with one attached hydrogen (secondary N) is 1. The van der Waals surface area contributed by atoms with Crippen LogP contribution < -0.4 is 5.32 Å². The molecule has 1 amide bonds. The van der Waals surface area contributed by atoms with Gasteiger partial charge in [0.15, 0.2) is 0 Å². The van der Waals surface area contributed by atoms with E-state index in [-0.39, 0.29) is 5.91 Å². The highest BCUT2D eigenvalue weighted by atomic mass is 32.2. The number of rotatable bonds is 6. The summed E-state index contributed by atoms with van der Waals surface area (Å²) < 4.78 is 1.73. The molecule has 2 aromatic heterocycles. The van der Waals surface area contributed by atoms with Crippen LogP contribution in [0.2, 0.25) is 0 Å². The number of aromatic nitrogens is 2. The van der Waals surface area contributed by atoms with Gasteiger partial charge in [0.25, 0.3) is 5.91 Å². The maximum absolute atomic E-state index is 12.2. The second kappa shape index (κ2) is 6.48. The molecule has 0 spiro atoms. The van der Waals surface area contributed by atoms with Crippen molar-refractivity contribution in [2.24, 2.45) is 7.05 Å². The van der Waals surface area contributed by atoms with Crippen molar-refractivity contribution in [2.75, 3.05) is 12.0 Å². The Labute approximate surface area is 130 Å². The molecule has 0 aliphatic heterocycles. The first-order valence-corrected chi connectivity index (χ1v) is 8.60. The topological polar surface area (TPSA) is 84.2 Å². The highest BCUT2D eigenvalue weighted by molar-refractivity contribution is 7.98. The molecule has 1 unspecified atom stereocenters. The Morgan fingerprint density at radius 3 is 2.86 bits per heavy atom. The van der Waals surface area contributed by atoms with Crippen LogP contribution in [0.4, 0.5) is 0 Å². The molecule has 2 rings (SSSR count). The minimum atomic E-state index is -1.00. The Kier molecular flexibility index (Phi) is 4.89. The monoisotopic (exact) mass is 327 g/mol. The number of hydrogen-bond donors (Lipinski definition) is 2. The summed E-state index contributed by atoms with van der Waals surface area (Å²) in [7, 11) is 1.83. The average Bonchev–Trinajstić information content (AvgIpc) is 2.97. The van der Waals surface area contributed by atoms with Gasteiger partial charge in [0, 0.05) is 12.4 Å². The zero-order chi connectivity index (χ0) is 15.6. The molecular formula is C13H17N3O3S2. The highest BCUT2D eigenvalue weighted by Gasteiger charge is 2.22. The fourth-order valence-electron chi connectivity index (χ4n) is 2.04. The van der Waals surface area contributed by atoms with E-state index in [9.17, 15) is 9.59 Å². The minimum absolute atomic E-state index is 0.343. The molecule has 21 heavy (non-hydrogen) atoms. The summed E-state index contributed by atoms with van der Waals surface area (Å²) in [6, 6.07) is 0.917. The number of hydrogen-bond acceptors (Lipinski definition) is 5. The lowest BCUT2D eigenvalue weighted by Crippen LogP contribution is -2.40. The van der Waals surface area contributed by atoms with Crippen molar-refractivity contribution in [3.63, 3.8) is 0 Å². The molecule has 0 aromatic carbocycles. The summed E-state index contributed by atoms with van der Waals surface area (Å²) in [5, 5.41) is 16.9. The summed E-state index contributed by atoms with van der Waals surface area (Å²) in [5.41, 5.74) is 0.861. The van der Waals surface area contributed by atoms with Crippen molar-refractivity contribution < 1.29 is 14.7 Å². The number of amides is 1. The number of carbonyl (C=O) groups is 2. The zero-order valence-electron chi connectivity index (χ0n) is 12.0. The molecule has 0 fully saturated rings. The van der Waals surface area contributed by atoms with Gasteiger partial charge in [-0.25, -0.2) is 4.79 Å². The summed E-state index contributed by atoms with van der Waals surface area (Å²) >= 11 is 2.88. The second-order valence-electron chi connectivity index (χ2n) is 4.68. The van der Waals surface area contributed by atoms with Crippen LogP contribution in [0.1, 0.15) is 21.8 Å². The third-order valence-corrected chi connectivity index (χ3v) is 4.98. The van der Waals surface area contributed by atoms with Crippen molar-refractivity contribution in [3.05, 3.63) is 16.6 Å². The lowest BCUT2D eigenvalue weighted by molar-refractivity contribution is -0.139. The van der Waals surface area contributed by atoms with Crippen LogP contribution in [-0.4, -0.2) is 44.8 Å². The Balaban J connectivity index is 2.17. The van der Waals surface area contributed by atoms with E-state index in [2.05, 4.69) is 10.4 Å². The van der Waals surface area contributed by atoms with Gasteiger partial charge in [0.2, 0.25) is 0 Å². The molecule has 2 N–H and O–H groups in total. The number of carboxylic acids is 1. The number of thioether (sulfide) groups is 1. The molecule has 2 aromatic rings. The molecule has 6 nitrogen and oxygen atoms in total. The van der Waals surface area contributed by atoms with Gasteiger partial charge < -0.3 is 10.4 Å². The first-order chi connectivity index (χ1) is 9.93. The van der Waals surface area contributed by atoms with Crippen LogP contribution in [0.3, 0.4) is 0 Å². The van der Waals surface area contributed by atoms with Crippen molar-refractivity contribution >= 4 is 45.2 Å². The number of carboxylic acid groups (broad SMARTS) is 1. The molecule has 0 aliphatic rings. The van der Waals surface area contributed by atoms with Crippen molar-refractivity contribution in [1.29, 1.82) is 0 Å². The van der Waals surface area contributed by atoms with Crippen LogP contribution in [-0.2, 0) is 11.8 Å². The van der Waals surface area contributed by atoms with E-state index in [4.69, 9.17) is 5.11 Å². The summed E-state index contributed by atoms with van der Waals surface area (Å²) in [4.78, 5) is 24.8. The molecule has 0 radical (unpaired) electrons. The van der Waals surface area contributed by atoms with Crippen LogP contribution >= 0.6 is 23.1 Å². The van der Waals surface area contributed by atoms with E-state index in [0.29, 0.717) is 17.1 Å². The third-order valence-electron chi connectivity index (χ3n) is 3.13. The lowest BCUT2D eigenvalue weighted by atomic mass is 10.2. The predicted octanol–water partition coefficient (Wildman–Crippen LogP) is 1.88. The maximum atomic E-state index is 12.2. The largest absolute Gasteiger partial charge is 0.480 e. The first kappa shape index (κ1) is 15.8. The summed E-state index contributed by atoms with van der Waals surface area (Å²) in [5.74, 6) is -0.660. The normalized spacial score (nSPS) is 12.5. The number of thiophene rings is 1. The Morgan fingerprint density at radius 1 is 1.57 bits per heavy atom. The summed E-state index contributed by atoms with van der Waals surface area (Å²) in [6.45, 7) is 1.88. The van der Waals surface area contributed by atoms with Crippen LogP contribution in [0.25, 0.3) is 10.2 Å². The quantitative estimate of drug-likeness (QED) is 0.846. The van der Waals surface area contributed by atoms with Gasteiger partial charge in [-0.1, -0.05) is 0 Å². The average molecular weight is 327 g/mol. The Bertz CT molecular complexity index is 643. The van der Waals surface area contributed by atoms with Crippen molar-refractivity contribution in [3.8, 4) is 0 Å². The molecule has 8 heteroatoms. The smallest absolute Gasteiger partial charge is 0.326 e. The van der Waals surface area contributed by atoms with Gasteiger partial charge in [0.05, 0.1) is 10.6 Å². The molecule has 114 valence electrons. The standard InChI is InChI=1S/C13H17N3O3S2/c1-7-8-6-10(21-12(8)16(2)15-7)11(17)14-9(13(18)19)4-5-20-3/h6,9H,4-5H2,1-3H3,(H,14,17)(H,18,19). The van der Waals surface area contributed by atoms with E-state index in [1.54, 1.807) is 22.5 Å². The van der Waals surface area contributed by atoms with Gasteiger partial charge in [-0.05, 0) is 31.4 Å². The Morgan fingerprint density at radius 2 is 2.29 bits per heavy atom. The SMILES string of the molecule is CSCCC(NC(=O)c1cc2c(C)nn(C)c2s1)C(=O)O. The van der Waals surface area contributed by atoms with Gasteiger partial charge in [-0.2, -0.15) is 16.9 Å². The van der Waals surface area contributed by atoms with Crippen LogP contribution in [0, 0.1) is 6.92 Å². The van der Waals surface area contributed by atoms with Crippen LogP contribution in [0.15, 0.2) is 6.07 Å². The molecule has 1 atom stereocenters. The number of aliphatic carboxylic acids is 1. The van der Waals surface area contributed by atoms with Gasteiger partial charge >= 0.3 is 5.97 Å². The number of carbonyl (C=O) groups excluding carboxylic acids is 1. The third kappa shape index (κ3) is 3.38. The molecule has 0 saturated carbocycles. The molecule has 0 bridgehead atoms. The van der Waals surface area contributed by atoms with E-state index >= 15 is 0 Å². The molecule has 0 saturated heterocycles. The van der Waals surface area contributed by atoms with Crippen molar-refractivity contribution in [1.82, 2.24) is 15.1 Å². The van der Waals surface area contributed by atoms with E-state index in [1.807, 2.05) is 20.2 Å². The van der Waals surface area contributed by atoms with Gasteiger partial charge in [0.1, 0.15) is 10.9 Å². The zero-order valence-corrected chi connectivity index (χ0v) is 13.7. The fraction of sp³-hybridized carbons (Fsp3) is 0.462. The lowest BCUT2D eigenvalue weighted by Gasteiger charge is -2.12. The maximum Gasteiger partial charge on any atom is 0.326 e. The number of aryl methyl sites for hydroxylation is 2. The first-order valence-electron chi connectivity index (χ1n) is 6.39. The highest BCUT2D eigenvalue weighted by Crippen LogP contribution is 2.27. The van der Waals surface area contributed by atoms with E-state index < -0.39 is 12.0 Å². The van der Waals surface area contributed by atoms with E-state index in [0.717, 1.165) is 15.9 Å². The molecule has 2 heterocycles. The van der Waals surface area contributed by atoms with Crippen LogP contribution in [0.5, 0.6) is 0 Å². The van der Waals surface area contributed by atoms with Gasteiger partial charge in [-0.3, -0.25) is 9.48 Å². The fourth-order valence-corrected chi connectivity index (χ4v) is 3.54. The second-order valence-corrected chi connectivity index (χ2v) is 6.70.